The average molecular weight is 314 g/mol. The molecule has 8 heteroatoms. The Morgan fingerprint density at radius 1 is 1.52 bits per heavy atom. The lowest BCUT2D eigenvalue weighted by molar-refractivity contribution is -0.117. The smallest absolute Gasteiger partial charge is 0.225 e. The van der Waals surface area contributed by atoms with E-state index < -0.39 is 9.84 Å². The lowest BCUT2D eigenvalue weighted by atomic mass is 10.00. The highest BCUT2D eigenvalue weighted by Gasteiger charge is 2.26. The fourth-order valence-electron chi connectivity index (χ4n) is 2.56. The number of anilines is 1. The van der Waals surface area contributed by atoms with Crippen LogP contribution in [0.4, 0.5) is 5.82 Å². The second-order valence-corrected chi connectivity index (χ2v) is 7.96. The summed E-state index contributed by atoms with van der Waals surface area (Å²) in [7, 11) is -3.02. The summed E-state index contributed by atoms with van der Waals surface area (Å²) in [4.78, 5) is 11.9. The van der Waals surface area contributed by atoms with Gasteiger partial charge in [-0.2, -0.15) is 5.10 Å². The van der Waals surface area contributed by atoms with Crippen molar-refractivity contribution < 1.29 is 13.2 Å². The molecule has 7 nitrogen and oxygen atoms in total. The summed E-state index contributed by atoms with van der Waals surface area (Å²) in [5.41, 5.74) is 5.95. The molecule has 0 radical (unpaired) electrons. The predicted molar refractivity (Wildman–Crippen MR) is 80.5 cm³/mol. The van der Waals surface area contributed by atoms with E-state index in [-0.39, 0.29) is 30.2 Å². The molecule has 21 heavy (non-hydrogen) atoms. The monoisotopic (exact) mass is 314 g/mol. The zero-order valence-electron chi connectivity index (χ0n) is 12.2. The van der Waals surface area contributed by atoms with Crippen LogP contribution in [0.1, 0.15) is 25.7 Å². The summed E-state index contributed by atoms with van der Waals surface area (Å²) < 4.78 is 23.7. The van der Waals surface area contributed by atoms with Crippen molar-refractivity contribution in [2.75, 3.05) is 17.3 Å². The van der Waals surface area contributed by atoms with Crippen LogP contribution in [-0.2, 0) is 21.2 Å². The molecule has 1 aromatic heterocycles. The van der Waals surface area contributed by atoms with Crippen molar-refractivity contribution in [1.29, 1.82) is 0 Å². The highest BCUT2D eigenvalue weighted by atomic mass is 32.2. The third kappa shape index (κ3) is 5.13. The molecule has 1 saturated carbocycles. The van der Waals surface area contributed by atoms with Gasteiger partial charge >= 0.3 is 0 Å². The van der Waals surface area contributed by atoms with Gasteiger partial charge in [0, 0.05) is 31.0 Å². The lowest BCUT2D eigenvalue weighted by Gasteiger charge is -2.13. The molecule has 0 spiro atoms. The van der Waals surface area contributed by atoms with Crippen molar-refractivity contribution in [3.05, 3.63) is 12.3 Å². The molecule has 0 bridgehead atoms. The van der Waals surface area contributed by atoms with E-state index in [2.05, 4.69) is 10.4 Å². The Hall–Kier alpha value is -1.41. The highest BCUT2D eigenvalue weighted by Crippen LogP contribution is 2.26. The van der Waals surface area contributed by atoms with Crippen LogP contribution in [0.25, 0.3) is 0 Å². The van der Waals surface area contributed by atoms with Crippen molar-refractivity contribution >= 4 is 21.6 Å². The lowest BCUT2D eigenvalue weighted by Crippen LogP contribution is -2.28. The van der Waals surface area contributed by atoms with Gasteiger partial charge in [0.25, 0.3) is 0 Å². The minimum Gasteiger partial charge on any atom is -0.327 e. The molecule has 0 aromatic carbocycles. The maximum absolute atomic E-state index is 11.9. The van der Waals surface area contributed by atoms with Crippen LogP contribution >= 0.6 is 0 Å². The average Bonchev–Trinajstić information content (AvgIpc) is 2.96. The SMILES string of the molecule is CS(=O)(=O)CCn1ccc(NC(=O)C[C@@H]2CCC[C@H]2N)n1. The maximum atomic E-state index is 11.9. The molecule has 2 rings (SSSR count). The molecule has 3 N–H and O–H groups in total. The third-order valence-electron chi connectivity index (χ3n) is 3.76. The molecule has 118 valence electrons. The molecular formula is C13H22N4O3S. The molecule has 1 amide bonds. The zero-order valence-corrected chi connectivity index (χ0v) is 13.0. The van der Waals surface area contributed by atoms with Gasteiger partial charge in [0.15, 0.2) is 5.82 Å². The fraction of sp³-hybridized carbons (Fsp3) is 0.692. The van der Waals surface area contributed by atoms with Gasteiger partial charge in [0.05, 0.1) is 12.3 Å². The predicted octanol–water partition coefficient (Wildman–Crippen LogP) is 0.384. The Balaban J connectivity index is 1.83. The van der Waals surface area contributed by atoms with Gasteiger partial charge in [-0.1, -0.05) is 6.42 Å². The Morgan fingerprint density at radius 2 is 2.29 bits per heavy atom. The van der Waals surface area contributed by atoms with Gasteiger partial charge in [-0.15, -0.1) is 0 Å². The standard InChI is InChI=1S/C13H22N4O3S/c1-21(19,20)8-7-17-6-5-12(16-17)15-13(18)9-10-3-2-4-11(10)14/h5-6,10-11H,2-4,7-9,14H2,1H3,(H,15,16,18)/t10-,11+/m0/s1. The summed E-state index contributed by atoms with van der Waals surface area (Å²) in [5, 5.41) is 6.87. The number of nitrogens with two attached hydrogens (primary N) is 1. The van der Waals surface area contributed by atoms with E-state index in [0.717, 1.165) is 19.3 Å². The molecule has 0 unspecified atom stereocenters. The van der Waals surface area contributed by atoms with Gasteiger partial charge in [-0.05, 0) is 18.8 Å². The molecular weight excluding hydrogens is 292 g/mol. The highest BCUT2D eigenvalue weighted by molar-refractivity contribution is 7.90. The van der Waals surface area contributed by atoms with E-state index in [0.29, 0.717) is 12.2 Å². The largest absolute Gasteiger partial charge is 0.327 e. The van der Waals surface area contributed by atoms with E-state index in [1.165, 1.54) is 10.9 Å². The zero-order chi connectivity index (χ0) is 15.5. The Labute approximate surface area is 124 Å². The summed E-state index contributed by atoms with van der Waals surface area (Å²) in [6.45, 7) is 0.280. The number of hydrogen-bond acceptors (Lipinski definition) is 5. The Morgan fingerprint density at radius 3 is 2.90 bits per heavy atom. The molecule has 1 aromatic rings. The van der Waals surface area contributed by atoms with Crippen molar-refractivity contribution in [3.63, 3.8) is 0 Å². The Bertz CT molecular complexity index is 596. The van der Waals surface area contributed by atoms with Gasteiger partial charge in [0.2, 0.25) is 5.91 Å². The number of carbonyl (C=O) groups is 1. The van der Waals surface area contributed by atoms with Gasteiger partial charge in [-0.25, -0.2) is 8.42 Å². The number of hydrogen-bond donors (Lipinski definition) is 2. The number of carbonyl (C=O) groups excluding carboxylic acids is 1. The molecule has 1 aliphatic rings. The number of aryl methyl sites for hydroxylation is 1. The third-order valence-corrected chi connectivity index (χ3v) is 4.69. The number of nitrogens with one attached hydrogen (secondary N) is 1. The maximum Gasteiger partial charge on any atom is 0.225 e. The summed E-state index contributed by atoms with van der Waals surface area (Å²) >= 11 is 0. The van der Waals surface area contributed by atoms with Crippen LogP contribution in [0, 0.1) is 5.92 Å². The van der Waals surface area contributed by atoms with E-state index in [1.54, 1.807) is 12.3 Å². The minimum absolute atomic E-state index is 0.0268. The first-order chi connectivity index (χ1) is 9.83. The molecule has 1 heterocycles. The fourth-order valence-corrected chi connectivity index (χ4v) is 3.08. The number of sulfone groups is 1. The van der Waals surface area contributed by atoms with E-state index >= 15 is 0 Å². The summed E-state index contributed by atoms with van der Waals surface area (Å²) in [6, 6.07) is 1.78. The quantitative estimate of drug-likeness (QED) is 0.789. The van der Waals surface area contributed by atoms with Crippen molar-refractivity contribution in [3.8, 4) is 0 Å². The molecule has 0 saturated heterocycles. The van der Waals surface area contributed by atoms with Crippen LogP contribution in [-0.4, -0.2) is 42.2 Å². The number of rotatable bonds is 6. The number of nitrogens with zero attached hydrogens (tertiary/aromatic N) is 2. The first kappa shape index (κ1) is 16.0. The van der Waals surface area contributed by atoms with E-state index in [4.69, 9.17) is 5.73 Å². The van der Waals surface area contributed by atoms with Gasteiger partial charge in [-0.3, -0.25) is 9.48 Å². The van der Waals surface area contributed by atoms with Crippen LogP contribution in [0.3, 0.4) is 0 Å². The second kappa shape index (κ2) is 6.57. The van der Waals surface area contributed by atoms with Crippen LogP contribution in [0.2, 0.25) is 0 Å². The van der Waals surface area contributed by atoms with E-state index in [9.17, 15) is 13.2 Å². The molecule has 1 fully saturated rings. The first-order valence-corrected chi connectivity index (χ1v) is 9.16. The van der Waals surface area contributed by atoms with Gasteiger partial charge < -0.3 is 11.1 Å². The van der Waals surface area contributed by atoms with Crippen LogP contribution < -0.4 is 11.1 Å². The second-order valence-electron chi connectivity index (χ2n) is 5.70. The first-order valence-electron chi connectivity index (χ1n) is 7.10. The van der Waals surface area contributed by atoms with Crippen LogP contribution in [0.5, 0.6) is 0 Å². The summed E-state index contributed by atoms with van der Waals surface area (Å²) in [6.07, 6.45) is 6.32. The number of amides is 1. The van der Waals surface area contributed by atoms with Gasteiger partial charge in [0.1, 0.15) is 9.84 Å². The van der Waals surface area contributed by atoms with E-state index in [1.807, 2.05) is 0 Å². The minimum atomic E-state index is -3.02. The number of aromatic nitrogens is 2. The Kier molecular flexibility index (Phi) is 5.00. The van der Waals surface area contributed by atoms with Crippen molar-refractivity contribution in [2.24, 2.45) is 11.7 Å². The topological polar surface area (TPSA) is 107 Å². The molecule has 2 atom stereocenters. The molecule has 0 aliphatic heterocycles. The van der Waals surface area contributed by atoms with Crippen molar-refractivity contribution in [1.82, 2.24) is 9.78 Å². The van der Waals surface area contributed by atoms with Crippen molar-refractivity contribution in [2.45, 2.75) is 38.3 Å². The summed E-state index contributed by atoms with van der Waals surface area (Å²) in [5.74, 6) is 0.627. The molecule has 1 aliphatic carbocycles. The normalized spacial score (nSPS) is 22.4. The van der Waals surface area contributed by atoms with Crippen LogP contribution in [0.15, 0.2) is 12.3 Å².